The van der Waals surface area contributed by atoms with Gasteiger partial charge in [-0.2, -0.15) is 0 Å². The van der Waals surface area contributed by atoms with E-state index in [0.717, 1.165) is 45.0 Å². The van der Waals surface area contributed by atoms with Crippen molar-refractivity contribution in [2.75, 3.05) is 0 Å². The second-order valence-corrected chi connectivity index (χ2v) is 12.2. The van der Waals surface area contributed by atoms with Crippen molar-refractivity contribution in [3.63, 3.8) is 0 Å². The van der Waals surface area contributed by atoms with Gasteiger partial charge in [0.1, 0.15) is 0 Å². The minimum absolute atomic E-state index is 0.405. The van der Waals surface area contributed by atoms with Crippen molar-refractivity contribution in [3.8, 4) is 0 Å². The molecule has 1 aromatic heterocycles. The van der Waals surface area contributed by atoms with E-state index in [9.17, 15) is 0 Å². The fourth-order valence-corrected chi connectivity index (χ4v) is 5.29. The Labute approximate surface area is 241 Å². The molecule has 4 aromatic rings. The van der Waals surface area contributed by atoms with Gasteiger partial charge in [-0.25, -0.2) is 4.98 Å². The fourth-order valence-electron chi connectivity index (χ4n) is 5.29. The van der Waals surface area contributed by atoms with Gasteiger partial charge in [0.25, 0.3) is 0 Å². The molecule has 4 rings (SSSR count). The number of fused-ring (bicyclic) bond motifs is 1. The van der Waals surface area contributed by atoms with Gasteiger partial charge in [-0.3, -0.25) is 9.98 Å². The molecule has 0 aliphatic heterocycles. The molecule has 3 nitrogen and oxygen atoms in total. The summed E-state index contributed by atoms with van der Waals surface area (Å²) in [5.74, 6) is 1.64. The standard InChI is InChI=1S/C37H45N3/c1-22(2)30-13-11-14-31(23(3)4)36(30)38-26(9)28-17-20-35-29(21-28)18-19-34(40-35)27(10)39-37-32(24(5)6)15-12-16-33(37)25(7)8/h11-25H,1-10H3. The van der Waals surface area contributed by atoms with Crippen LogP contribution < -0.4 is 0 Å². The van der Waals surface area contributed by atoms with Gasteiger partial charge in [-0.1, -0.05) is 104 Å². The maximum Gasteiger partial charge on any atom is 0.0849 e. The molecule has 40 heavy (non-hydrogen) atoms. The van der Waals surface area contributed by atoms with Crippen LogP contribution in [0.1, 0.15) is 126 Å². The fraction of sp³-hybridized carbons (Fsp3) is 0.378. The SMILES string of the molecule is CC(=Nc1c(C(C)C)cccc1C(C)C)c1ccc2nc(C(C)=Nc3c(C(C)C)cccc3C(C)C)ccc2c1. The van der Waals surface area contributed by atoms with Crippen LogP contribution in [-0.2, 0) is 0 Å². The minimum Gasteiger partial charge on any atom is -0.253 e. The van der Waals surface area contributed by atoms with E-state index >= 15 is 0 Å². The first kappa shape index (κ1) is 29.4. The molecular formula is C37H45N3. The van der Waals surface area contributed by atoms with Crippen LogP contribution in [-0.4, -0.2) is 16.4 Å². The van der Waals surface area contributed by atoms with Gasteiger partial charge in [-0.05, 0) is 83.5 Å². The van der Waals surface area contributed by atoms with Crippen molar-refractivity contribution in [1.29, 1.82) is 0 Å². The largest absolute Gasteiger partial charge is 0.253 e. The molecule has 0 N–H and O–H groups in total. The van der Waals surface area contributed by atoms with Crippen molar-refractivity contribution < 1.29 is 0 Å². The van der Waals surface area contributed by atoms with E-state index in [0.29, 0.717) is 23.7 Å². The highest BCUT2D eigenvalue weighted by molar-refractivity contribution is 6.04. The summed E-state index contributed by atoms with van der Waals surface area (Å²) in [5, 5.41) is 1.11. The summed E-state index contributed by atoms with van der Waals surface area (Å²) in [7, 11) is 0. The quantitative estimate of drug-likeness (QED) is 0.208. The number of benzene rings is 3. The number of rotatable bonds is 8. The van der Waals surface area contributed by atoms with Gasteiger partial charge >= 0.3 is 0 Å². The van der Waals surface area contributed by atoms with Crippen LogP contribution in [0, 0.1) is 0 Å². The number of nitrogens with zero attached hydrogens (tertiary/aromatic N) is 3. The Balaban J connectivity index is 1.72. The molecule has 0 spiro atoms. The Morgan fingerprint density at radius 2 is 1.00 bits per heavy atom. The lowest BCUT2D eigenvalue weighted by molar-refractivity contribution is 0.834. The number of aromatic nitrogens is 1. The van der Waals surface area contributed by atoms with Gasteiger partial charge in [0.2, 0.25) is 0 Å². The molecule has 0 fully saturated rings. The van der Waals surface area contributed by atoms with E-state index in [-0.39, 0.29) is 0 Å². The predicted molar refractivity (Wildman–Crippen MR) is 175 cm³/mol. The third kappa shape index (κ3) is 6.25. The van der Waals surface area contributed by atoms with Gasteiger partial charge in [0.05, 0.1) is 28.3 Å². The zero-order valence-corrected chi connectivity index (χ0v) is 26.0. The van der Waals surface area contributed by atoms with Crippen molar-refractivity contribution in [1.82, 2.24) is 4.98 Å². The van der Waals surface area contributed by atoms with Crippen LogP contribution in [0.4, 0.5) is 11.4 Å². The van der Waals surface area contributed by atoms with Crippen molar-refractivity contribution in [3.05, 3.63) is 100 Å². The van der Waals surface area contributed by atoms with Crippen molar-refractivity contribution in [2.24, 2.45) is 9.98 Å². The Kier molecular flexibility index (Phi) is 9.03. The summed E-state index contributed by atoms with van der Waals surface area (Å²) >= 11 is 0. The van der Waals surface area contributed by atoms with E-state index in [2.05, 4.69) is 136 Å². The van der Waals surface area contributed by atoms with Crippen LogP contribution in [0.15, 0.2) is 76.7 Å². The van der Waals surface area contributed by atoms with E-state index < -0.39 is 0 Å². The predicted octanol–water partition coefficient (Wildman–Crippen LogP) is 11.0. The molecule has 3 aromatic carbocycles. The van der Waals surface area contributed by atoms with E-state index in [1.54, 1.807) is 0 Å². The molecule has 0 saturated heterocycles. The summed E-state index contributed by atoms with van der Waals surface area (Å²) in [6.07, 6.45) is 0. The van der Waals surface area contributed by atoms with Crippen LogP contribution in [0.25, 0.3) is 10.9 Å². The van der Waals surface area contributed by atoms with Crippen LogP contribution in [0.2, 0.25) is 0 Å². The normalized spacial score (nSPS) is 12.9. The third-order valence-corrected chi connectivity index (χ3v) is 7.72. The third-order valence-electron chi connectivity index (χ3n) is 7.72. The molecule has 0 unspecified atom stereocenters. The monoisotopic (exact) mass is 531 g/mol. The average molecular weight is 532 g/mol. The average Bonchev–Trinajstić information content (AvgIpc) is 2.91. The first-order valence-corrected chi connectivity index (χ1v) is 14.8. The maximum atomic E-state index is 5.19. The summed E-state index contributed by atoms with van der Waals surface area (Å²) in [5.41, 5.74) is 12.3. The first-order valence-electron chi connectivity index (χ1n) is 14.8. The molecule has 1 heterocycles. The van der Waals surface area contributed by atoms with Crippen LogP contribution in [0.3, 0.4) is 0 Å². The number of para-hydroxylation sites is 2. The lowest BCUT2D eigenvalue weighted by Crippen LogP contribution is -2.02. The topological polar surface area (TPSA) is 37.6 Å². The number of hydrogen-bond acceptors (Lipinski definition) is 3. The van der Waals surface area contributed by atoms with Crippen LogP contribution in [0.5, 0.6) is 0 Å². The molecule has 0 aliphatic rings. The molecule has 0 saturated carbocycles. The van der Waals surface area contributed by atoms with E-state index in [4.69, 9.17) is 15.0 Å². The molecule has 0 radical (unpaired) electrons. The molecule has 0 amide bonds. The Hall–Kier alpha value is -3.59. The number of aliphatic imine (C=N–C) groups is 2. The summed E-state index contributed by atoms with van der Waals surface area (Å²) in [6.45, 7) is 22.1. The molecular weight excluding hydrogens is 486 g/mol. The zero-order chi connectivity index (χ0) is 29.1. The minimum atomic E-state index is 0.405. The highest BCUT2D eigenvalue weighted by Crippen LogP contribution is 2.36. The molecule has 0 atom stereocenters. The lowest BCUT2D eigenvalue weighted by atomic mass is 9.92. The second kappa shape index (κ2) is 12.3. The zero-order valence-electron chi connectivity index (χ0n) is 26.0. The number of hydrogen-bond donors (Lipinski definition) is 0. The molecule has 0 aliphatic carbocycles. The Morgan fingerprint density at radius 1 is 0.550 bits per heavy atom. The smallest absolute Gasteiger partial charge is 0.0849 e. The van der Waals surface area contributed by atoms with Gasteiger partial charge in [-0.15, -0.1) is 0 Å². The second-order valence-electron chi connectivity index (χ2n) is 12.2. The Morgan fingerprint density at radius 3 is 1.45 bits per heavy atom. The van der Waals surface area contributed by atoms with Crippen molar-refractivity contribution >= 4 is 33.7 Å². The van der Waals surface area contributed by atoms with Gasteiger partial charge < -0.3 is 0 Å². The first-order chi connectivity index (χ1) is 19.0. The van der Waals surface area contributed by atoms with Gasteiger partial charge in [0, 0.05) is 11.1 Å². The highest BCUT2D eigenvalue weighted by atomic mass is 14.8. The molecule has 208 valence electrons. The molecule has 3 heteroatoms. The molecule has 0 bridgehead atoms. The van der Waals surface area contributed by atoms with Crippen molar-refractivity contribution in [2.45, 2.75) is 92.9 Å². The Bertz CT molecular complexity index is 1400. The van der Waals surface area contributed by atoms with E-state index in [1.165, 1.54) is 22.3 Å². The summed E-state index contributed by atoms with van der Waals surface area (Å²) in [6, 6.07) is 23.8. The van der Waals surface area contributed by atoms with Crippen LogP contribution >= 0.6 is 0 Å². The summed E-state index contributed by atoms with van der Waals surface area (Å²) in [4.78, 5) is 15.4. The number of pyridine rings is 1. The summed E-state index contributed by atoms with van der Waals surface area (Å²) < 4.78 is 0. The maximum absolute atomic E-state index is 5.19. The van der Waals surface area contributed by atoms with Gasteiger partial charge in [0.15, 0.2) is 0 Å². The van der Waals surface area contributed by atoms with E-state index in [1.807, 2.05) is 0 Å². The lowest BCUT2D eigenvalue weighted by Gasteiger charge is -2.17. The highest BCUT2D eigenvalue weighted by Gasteiger charge is 2.16.